The number of pyridine rings is 1. The van der Waals surface area contributed by atoms with E-state index in [1.165, 1.54) is 11.3 Å². The van der Waals surface area contributed by atoms with Crippen molar-refractivity contribution in [3.8, 4) is 0 Å². The highest BCUT2D eigenvalue weighted by Crippen LogP contribution is 2.25. The van der Waals surface area contributed by atoms with Crippen LogP contribution in [0.1, 0.15) is 58.8 Å². The van der Waals surface area contributed by atoms with Crippen molar-refractivity contribution in [3.05, 3.63) is 57.0 Å². The summed E-state index contributed by atoms with van der Waals surface area (Å²) in [4.78, 5) is 31.6. The zero-order valence-electron chi connectivity index (χ0n) is 18.2. The number of hydrogen-bond donors (Lipinski definition) is 3. The van der Waals surface area contributed by atoms with E-state index < -0.39 is 6.04 Å². The molecular formula is C24H29ClN4O2S. The van der Waals surface area contributed by atoms with Crippen LogP contribution in [0.25, 0.3) is 0 Å². The van der Waals surface area contributed by atoms with Gasteiger partial charge in [-0.05, 0) is 69.6 Å². The Morgan fingerprint density at radius 1 is 1.25 bits per heavy atom. The third-order valence-electron chi connectivity index (χ3n) is 5.88. The molecule has 4 rings (SSSR count). The number of anilines is 1. The fourth-order valence-corrected chi connectivity index (χ4v) is 4.87. The van der Waals surface area contributed by atoms with Crippen LogP contribution in [0.4, 0.5) is 5.69 Å². The number of halogens is 1. The lowest BCUT2D eigenvalue weighted by molar-refractivity contribution is -0.123. The Balaban J connectivity index is 1.37. The molecule has 170 valence electrons. The molecule has 0 aromatic carbocycles. The van der Waals surface area contributed by atoms with Gasteiger partial charge in [0.2, 0.25) is 5.91 Å². The van der Waals surface area contributed by atoms with Gasteiger partial charge in [-0.25, -0.2) is 0 Å². The first kappa shape index (κ1) is 22.8. The Morgan fingerprint density at radius 2 is 2.09 bits per heavy atom. The van der Waals surface area contributed by atoms with Gasteiger partial charge in [0, 0.05) is 23.7 Å². The van der Waals surface area contributed by atoms with E-state index >= 15 is 0 Å². The maximum absolute atomic E-state index is 12.9. The van der Waals surface area contributed by atoms with Crippen LogP contribution < -0.4 is 16.0 Å². The summed E-state index contributed by atoms with van der Waals surface area (Å²) >= 11 is 7.46. The van der Waals surface area contributed by atoms with Crippen molar-refractivity contribution in [3.63, 3.8) is 0 Å². The largest absolute Gasteiger partial charge is 0.379 e. The summed E-state index contributed by atoms with van der Waals surface area (Å²) in [5, 5.41) is 9.97. The lowest BCUT2D eigenvalue weighted by Crippen LogP contribution is -2.48. The number of carbonyl (C=O) groups is 2. The molecule has 0 aliphatic heterocycles. The van der Waals surface area contributed by atoms with Crippen molar-refractivity contribution < 1.29 is 9.59 Å². The molecule has 32 heavy (non-hydrogen) atoms. The zero-order valence-corrected chi connectivity index (χ0v) is 19.8. The van der Waals surface area contributed by atoms with E-state index in [1.54, 1.807) is 6.20 Å². The fraction of sp³-hybridized carbons (Fsp3) is 0.458. The lowest BCUT2D eigenvalue weighted by Gasteiger charge is -2.24. The van der Waals surface area contributed by atoms with Crippen LogP contribution in [0.5, 0.6) is 0 Å². The number of amides is 2. The summed E-state index contributed by atoms with van der Waals surface area (Å²) in [5.41, 5.74) is 1.74. The number of rotatable bonds is 9. The van der Waals surface area contributed by atoms with E-state index in [-0.39, 0.29) is 17.9 Å². The van der Waals surface area contributed by atoms with Crippen molar-refractivity contribution in [1.82, 2.24) is 15.6 Å². The van der Waals surface area contributed by atoms with Crippen molar-refractivity contribution in [2.45, 2.75) is 64.1 Å². The first-order valence-corrected chi connectivity index (χ1v) is 12.4. The first-order chi connectivity index (χ1) is 15.5. The highest BCUT2D eigenvalue weighted by Gasteiger charge is 2.30. The van der Waals surface area contributed by atoms with Crippen LogP contribution in [0.3, 0.4) is 0 Å². The molecule has 0 bridgehead atoms. The monoisotopic (exact) mass is 472 g/mol. The van der Waals surface area contributed by atoms with E-state index in [2.05, 4.69) is 33.1 Å². The third kappa shape index (κ3) is 6.33. The number of aryl methyl sites for hydroxylation is 1. The van der Waals surface area contributed by atoms with Gasteiger partial charge in [0.1, 0.15) is 6.04 Å². The summed E-state index contributed by atoms with van der Waals surface area (Å²) < 4.78 is 0. The molecule has 2 heterocycles. The molecule has 1 fully saturated rings. The second-order valence-electron chi connectivity index (χ2n) is 8.60. The quantitative estimate of drug-likeness (QED) is 0.456. The zero-order chi connectivity index (χ0) is 22.5. The van der Waals surface area contributed by atoms with Gasteiger partial charge < -0.3 is 16.0 Å². The first-order valence-electron chi connectivity index (χ1n) is 11.2. The summed E-state index contributed by atoms with van der Waals surface area (Å²) in [6.45, 7) is 2.49. The summed E-state index contributed by atoms with van der Waals surface area (Å²) in [6, 6.07) is 5.37. The van der Waals surface area contributed by atoms with Crippen LogP contribution in [0, 0.1) is 12.8 Å². The molecule has 0 saturated heterocycles. The highest BCUT2D eigenvalue weighted by atomic mass is 35.5. The summed E-state index contributed by atoms with van der Waals surface area (Å²) in [6.07, 6.45) is 11.8. The minimum absolute atomic E-state index is 0.0576. The number of nitrogens with zero attached hydrogens (tertiary/aromatic N) is 1. The number of nitrogens with one attached hydrogen (secondary N) is 3. The van der Waals surface area contributed by atoms with Gasteiger partial charge in [-0.1, -0.05) is 23.8 Å². The predicted molar refractivity (Wildman–Crippen MR) is 129 cm³/mol. The molecule has 0 radical (unpaired) electrons. The number of thiophene rings is 1. The molecule has 2 aliphatic carbocycles. The van der Waals surface area contributed by atoms with Crippen LogP contribution in [0.15, 0.2) is 36.5 Å². The van der Waals surface area contributed by atoms with E-state index in [4.69, 9.17) is 11.6 Å². The normalized spacial score (nSPS) is 18.8. The molecule has 3 N–H and O–H groups in total. The van der Waals surface area contributed by atoms with Gasteiger partial charge in [-0.3, -0.25) is 14.6 Å². The number of carbonyl (C=O) groups excluding carboxylic acids is 2. The van der Waals surface area contributed by atoms with E-state index in [9.17, 15) is 9.59 Å². The predicted octanol–water partition coefficient (Wildman–Crippen LogP) is 4.84. The molecule has 2 aromatic rings. The van der Waals surface area contributed by atoms with Crippen molar-refractivity contribution in [2.24, 2.45) is 5.92 Å². The molecule has 8 heteroatoms. The molecule has 1 unspecified atom stereocenters. The molecular weight excluding hydrogens is 444 g/mol. The topological polar surface area (TPSA) is 83.1 Å². The number of aromatic nitrogens is 1. The smallest absolute Gasteiger partial charge is 0.262 e. The molecule has 2 amide bonds. The second-order valence-corrected chi connectivity index (χ2v) is 10.2. The van der Waals surface area contributed by atoms with E-state index in [0.717, 1.165) is 48.4 Å². The summed E-state index contributed by atoms with van der Waals surface area (Å²) in [5.74, 6) is 0.176. The molecule has 0 spiro atoms. The van der Waals surface area contributed by atoms with Crippen LogP contribution >= 0.6 is 22.9 Å². The Labute approximate surface area is 197 Å². The van der Waals surface area contributed by atoms with E-state index in [1.807, 2.05) is 25.1 Å². The SMILES string of the molecule is Cc1ncc(Cl)cc1NCc1ccc(C(=O)N[C@@H](CC2CC=CCC2)C(=O)NC2CC2)s1. The average Bonchev–Trinajstić information content (AvgIpc) is 3.47. The fourth-order valence-electron chi connectivity index (χ4n) is 3.86. The standard InChI is InChI=1S/C24H29ClN4O2S/c1-15-20(12-17(25)13-26-15)27-14-19-9-10-22(32-19)24(31)29-21(23(30)28-18-7-8-18)11-16-5-3-2-4-6-16/h2-3,9-10,12-13,16,18,21,27H,4-8,11,14H2,1H3,(H,28,30)(H,29,31)/t16?,21-/m0/s1. The Hall–Kier alpha value is -2.38. The molecule has 6 nitrogen and oxygen atoms in total. The maximum atomic E-state index is 12.9. The van der Waals surface area contributed by atoms with Crippen LogP contribution in [0.2, 0.25) is 5.02 Å². The third-order valence-corrected chi connectivity index (χ3v) is 7.18. The van der Waals surface area contributed by atoms with Gasteiger partial charge in [-0.15, -0.1) is 11.3 Å². The van der Waals surface area contributed by atoms with Crippen LogP contribution in [-0.4, -0.2) is 28.9 Å². The van der Waals surface area contributed by atoms with Gasteiger partial charge in [0.25, 0.3) is 5.91 Å². The molecule has 1 saturated carbocycles. The van der Waals surface area contributed by atoms with E-state index in [0.29, 0.717) is 28.8 Å². The Bertz CT molecular complexity index is 1000. The lowest BCUT2D eigenvalue weighted by atomic mass is 9.88. The average molecular weight is 473 g/mol. The second kappa shape index (κ2) is 10.5. The molecule has 2 aliphatic rings. The maximum Gasteiger partial charge on any atom is 0.262 e. The number of allylic oxidation sites excluding steroid dienone is 2. The van der Waals surface area contributed by atoms with Gasteiger partial charge >= 0.3 is 0 Å². The van der Waals surface area contributed by atoms with Crippen molar-refractivity contribution >= 4 is 40.4 Å². The van der Waals surface area contributed by atoms with Crippen LogP contribution in [-0.2, 0) is 11.3 Å². The Kier molecular flexibility index (Phi) is 7.48. The van der Waals surface area contributed by atoms with Crippen molar-refractivity contribution in [2.75, 3.05) is 5.32 Å². The molecule has 2 atom stereocenters. The van der Waals surface area contributed by atoms with Gasteiger partial charge in [-0.2, -0.15) is 0 Å². The van der Waals surface area contributed by atoms with Crippen molar-refractivity contribution in [1.29, 1.82) is 0 Å². The summed E-state index contributed by atoms with van der Waals surface area (Å²) in [7, 11) is 0. The number of hydrogen-bond acceptors (Lipinski definition) is 5. The minimum atomic E-state index is -0.497. The minimum Gasteiger partial charge on any atom is -0.379 e. The molecule has 2 aromatic heterocycles. The highest BCUT2D eigenvalue weighted by molar-refractivity contribution is 7.14. The van der Waals surface area contributed by atoms with Gasteiger partial charge in [0.15, 0.2) is 0 Å². The Morgan fingerprint density at radius 3 is 2.84 bits per heavy atom. The van der Waals surface area contributed by atoms with Gasteiger partial charge in [0.05, 0.1) is 21.3 Å².